The molecule has 0 radical (unpaired) electrons. The van der Waals surface area contributed by atoms with E-state index in [0.717, 1.165) is 17.7 Å². The maximum absolute atomic E-state index is 13.1. The Hall–Kier alpha value is -3.02. The molecule has 0 aliphatic carbocycles. The lowest BCUT2D eigenvalue weighted by Crippen LogP contribution is -2.12. The molecule has 4 nitrogen and oxygen atoms in total. The third-order valence-electron chi connectivity index (χ3n) is 2.92. The summed E-state index contributed by atoms with van der Waals surface area (Å²) in [6.45, 7) is 0. The Balaban J connectivity index is 1.79. The molecule has 1 amide bonds. The van der Waals surface area contributed by atoms with Gasteiger partial charge in [-0.2, -0.15) is 4.98 Å². The van der Waals surface area contributed by atoms with E-state index in [1.807, 2.05) is 30.3 Å². The van der Waals surface area contributed by atoms with Crippen LogP contribution in [0.2, 0.25) is 0 Å². The van der Waals surface area contributed by atoms with Crippen LogP contribution in [0.3, 0.4) is 0 Å². The summed E-state index contributed by atoms with van der Waals surface area (Å²) in [6.07, 6.45) is 1.39. The van der Waals surface area contributed by atoms with Crippen molar-refractivity contribution in [3.8, 4) is 11.3 Å². The van der Waals surface area contributed by atoms with E-state index in [4.69, 9.17) is 4.42 Å². The molecule has 1 aromatic heterocycles. The van der Waals surface area contributed by atoms with Crippen molar-refractivity contribution in [3.05, 3.63) is 72.0 Å². The summed E-state index contributed by atoms with van der Waals surface area (Å²) in [5, 5.41) is 2.35. The van der Waals surface area contributed by atoms with Crippen molar-refractivity contribution in [1.29, 1.82) is 0 Å². The first-order chi connectivity index (χ1) is 10.6. The number of nitrogens with one attached hydrogen (secondary N) is 1. The molecule has 0 spiro atoms. The lowest BCUT2D eigenvalue weighted by Gasteiger charge is -2.01. The Labute approximate surface area is 124 Å². The molecule has 3 aromatic rings. The predicted octanol–water partition coefficient (Wildman–Crippen LogP) is 3.87. The zero-order valence-electron chi connectivity index (χ0n) is 11.2. The summed E-state index contributed by atoms with van der Waals surface area (Å²) in [6, 6.07) is 11.7. The number of nitrogens with zero attached hydrogens (tertiary/aromatic N) is 1. The molecule has 22 heavy (non-hydrogen) atoms. The molecule has 0 saturated carbocycles. The minimum atomic E-state index is -0.831. The summed E-state index contributed by atoms with van der Waals surface area (Å²) >= 11 is 0. The second-order valence-electron chi connectivity index (χ2n) is 4.52. The Morgan fingerprint density at radius 3 is 2.41 bits per heavy atom. The predicted molar refractivity (Wildman–Crippen MR) is 76.3 cm³/mol. The van der Waals surface area contributed by atoms with Gasteiger partial charge >= 0.3 is 6.01 Å². The van der Waals surface area contributed by atoms with Crippen molar-refractivity contribution < 1.29 is 18.0 Å². The van der Waals surface area contributed by atoms with Crippen LogP contribution in [-0.4, -0.2) is 10.9 Å². The van der Waals surface area contributed by atoms with Gasteiger partial charge in [0.05, 0.1) is 0 Å². The van der Waals surface area contributed by atoms with Crippen LogP contribution in [0.4, 0.5) is 14.8 Å². The normalized spacial score (nSPS) is 10.5. The molecule has 110 valence electrons. The van der Waals surface area contributed by atoms with Crippen LogP contribution in [0.25, 0.3) is 11.3 Å². The van der Waals surface area contributed by atoms with E-state index in [9.17, 15) is 13.6 Å². The second-order valence-corrected chi connectivity index (χ2v) is 4.52. The maximum atomic E-state index is 13.1. The van der Waals surface area contributed by atoms with Gasteiger partial charge in [0.15, 0.2) is 0 Å². The van der Waals surface area contributed by atoms with Crippen molar-refractivity contribution in [2.45, 2.75) is 0 Å². The first-order valence-corrected chi connectivity index (χ1v) is 6.40. The number of aromatic nitrogens is 1. The monoisotopic (exact) mass is 300 g/mol. The fraction of sp³-hybridized carbons (Fsp3) is 0. The Kier molecular flexibility index (Phi) is 3.65. The second kappa shape index (κ2) is 5.77. The summed E-state index contributed by atoms with van der Waals surface area (Å²) in [4.78, 5) is 16.0. The van der Waals surface area contributed by atoms with Gasteiger partial charge in [0, 0.05) is 17.2 Å². The van der Waals surface area contributed by atoms with Crippen molar-refractivity contribution in [3.63, 3.8) is 0 Å². The molecule has 1 heterocycles. The smallest absolute Gasteiger partial charge is 0.302 e. The highest BCUT2D eigenvalue weighted by Gasteiger charge is 2.13. The summed E-state index contributed by atoms with van der Waals surface area (Å²) < 4.78 is 31.3. The van der Waals surface area contributed by atoms with Crippen LogP contribution in [0.5, 0.6) is 0 Å². The van der Waals surface area contributed by atoms with Gasteiger partial charge in [0.25, 0.3) is 5.91 Å². The molecule has 0 bridgehead atoms. The minimum absolute atomic E-state index is 0.0477. The Bertz CT molecular complexity index is 796. The number of amides is 1. The van der Waals surface area contributed by atoms with Gasteiger partial charge in [-0.1, -0.05) is 30.3 Å². The number of carbonyl (C=O) groups excluding carboxylic acids is 1. The number of oxazole rings is 1. The largest absolute Gasteiger partial charge is 0.431 e. The van der Waals surface area contributed by atoms with E-state index in [1.165, 1.54) is 6.26 Å². The van der Waals surface area contributed by atoms with Crippen LogP contribution in [0.15, 0.2) is 59.2 Å². The number of anilines is 1. The molecule has 0 saturated heterocycles. The maximum Gasteiger partial charge on any atom is 0.302 e. The molecule has 6 heteroatoms. The van der Waals surface area contributed by atoms with Crippen LogP contribution in [0, 0.1) is 11.6 Å². The molecule has 0 atom stereocenters. The molecular weight excluding hydrogens is 290 g/mol. The summed E-state index contributed by atoms with van der Waals surface area (Å²) in [5.41, 5.74) is 1.21. The highest BCUT2D eigenvalue weighted by atomic mass is 19.1. The highest BCUT2D eigenvalue weighted by molar-refractivity contribution is 6.03. The van der Waals surface area contributed by atoms with E-state index in [0.29, 0.717) is 11.8 Å². The van der Waals surface area contributed by atoms with E-state index in [1.54, 1.807) is 0 Å². The summed E-state index contributed by atoms with van der Waals surface area (Å²) in [7, 11) is 0. The summed E-state index contributed by atoms with van der Waals surface area (Å²) in [5.74, 6) is -2.37. The minimum Gasteiger partial charge on any atom is -0.431 e. The van der Waals surface area contributed by atoms with Crippen LogP contribution < -0.4 is 5.32 Å². The number of halogens is 2. The van der Waals surface area contributed by atoms with Crippen LogP contribution >= 0.6 is 0 Å². The number of benzene rings is 2. The lowest BCUT2D eigenvalue weighted by molar-refractivity contribution is 0.102. The number of hydrogen-bond donors (Lipinski definition) is 1. The first-order valence-electron chi connectivity index (χ1n) is 6.40. The lowest BCUT2D eigenvalue weighted by atomic mass is 10.2. The first kappa shape index (κ1) is 13.9. The molecule has 0 unspecified atom stereocenters. The molecule has 0 aliphatic heterocycles. The zero-order valence-corrected chi connectivity index (χ0v) is 11.2. The Morgan fingerprint density at radius 1 is 1.05 bits per heavy atom. The fourth-order valence-corrected chi connectivity index (χ4v) is 1.93. The molecule has 1 N–H and O–H groups in total. The fourth-order valence-electron chi connectivity index (χ4n) is 1.93. The van der Waals surface area contributed by atoms with Gasteiger partial charge in [-0.3, -0.25) is 10.1 Å². The number of carbonyl (C=O) groups is 1. The van der Waals surface area contributed by atoms with Crippen molar-refractivity contribution in [2.24, 2.45) is 0 Å². The number of hydrogen-bond acceptors (Lipinski definition) is 3. The van der Waals surface area contributed by atoms with Gasteiger partial charge in [0.1, 0.15) is 23.6 Å². The van der Waals surface area contributed by atoms with E-state index in [2.05, 4.69) is 10.3 Å². The standard InChI is InChI=1S/C16H10F2N2O2/c17-12-6-11(7-13(18)8-12)15(21)20-16-19-14(9-22-16)10-4-2-1-3-5-10/h1-9H,(H,19,20,21). The van der Waals surface area contributed by atoms with Gasteiger partial charge in [0.2, 0.25) is 0 Å². The zero-order chi connectivity index (χ0) is 15.5. The van der Waals surface area contributed by atoms with E-state index >= 15 is 0 Å². The highest BCUT2D eigenvalue weighted by Crippen LogP contribution is 2.20. The Morgan fingerprint density at radius 2 is 1.73 bits per heavy atom. The van der Waals surface area contributed by atoms with Crippen LogP contribution in [-0.2, 0) is 0 Å². The van der Waals surface area contributed by atoms with Crippen molar-refractivity contribution in [1.82, 2.24) is 4.98 Å². The third-order valence-corrected chi connectivity index (χ3v) is 2.92. The van der Waals surface area contributed by atoms with Gasteiger partial charge < -0.3 is 4.42 Å². The molecular formula is C16H10F2N2O2. The SMILES string of the molecule is O=C(Nc1nc(-c2ccccc2)co1)c1cc(F)cc(F)c1. The topological polar surface area (TPSA) is 55.1 Å². The van der Waals surface area contributed by atoms with Gasteiger partial charge in [-0.15, -0.1) is 0 Å². The average Bonchev–Trinajstić information content (AvgIpc) is 2.95. The van der Waals surface area contributed by atoms with Crippen LogP contribution in [0.1, 0.15) is 10.4 Å². The molecule has 3 rings (SSSR count). The molecule has 0 aliphatic rings. The molecule has 2 aromatic carbocycles. The van der Waals surface area contributed by atoms with Crippen molar-refractivity contribution in [2.75, 3.05) is 5.32 Å². The number of rotatable bonds is 3. The van der Waals surface area contributed by atoms with Gasteiger partial charge in [-0.25, -0.2) is 8.78 Å². The molecule has 0 fully saturated rings. The van der Waals surface area contributed by atoms with Crippen molar-refractivity contribution >= 4 is 11.9 Å². The van der Waals surface area contributed by atoms with E-state index < -0.39 is 17.5 Å². The van der Waals surface area contributed by atoms with E-state index in [-0.39, 0.29) is 11.6 Å². The van der Waals surface area contributed by atoms with Gasteiger partial charge in [-0.05, 0) is 12.1 Å². The quantitative estimate of drug-likeness (QED) is 0.798. The average molecular weight is 300 g/mol. The third kappa shape index (κ3) is 3.01.